The molecule has 4 fully saturated rings. The molecular weight excluding hydrogens is 467 g/mol. The molecule has 4 saturated heterocycles. The zero-order valence-corrected chi connectivity index (χ0v) is 21.3. The first kappa shape index (κ1) is 24.0. The van der Waals surface area contributed by atoms with E-state index in [4.69, 9.17) is 9.84 Å². The minimum atomic E-state index is -0.521. The van der Waals surface area contributed by atoms with Crippen LogP contribution in [-0.2, 0) is 4.74 Å². The SMILES string of the molecule is COC1CCN(c2ccc(-n3nc(NCC45CCN(CC4)CC5)cc3-c3ccc(C#N)c(F)c3)cc2)C1. The number of anilines is 2. The van der Waals surface area contributed by atoms with Crippen LogP contribution in [0.4, 0.5) is 15.9 Å². The zero-order valence-electron chi connectivity index (χ0n) is 21.3. The van der Waals surface area contributed by atoms with Gasteiger partial charge >= 0.3 is 0 Å². The molecule has 0 spiro atoms. The minimum Gasteiger partial charge on any atom is -0.380 e. The molecule has 4 aliphatic rings. The van der Waals surface area contributed by atoms with Crippen molar-refractivity contribution in [3.63, 3.8) is 0 Å². The number of halogens is 1. The Balaban J connectivity index is 1.29. The highest BCUT2D eigenvalue weighted by Gasteiger charge is 2.39. The van der Waals surface area contributed by atoms with Crippen LogP contribution in [0.25, 0.3) is 16.9 Å². The molecule has 5 heterocycles. The van der Waals surface area contributed by atoms with Crippen molar-refractivity contribution in [2.75, 3.05) is 56.6 Å². The molecule has 0 aliphatic carbocycles. The molecule has 37 heavy (non-hydrogen) atoms. The number of fused-ring (bicyclic) bond motifs is 3. The average molecular weight is 501 g/mol. The van der Waals surface area contributed by atoms with Crippen molar-refractivity contribution < 1.29 is 9.13 Å². The average Bonchev–Trinajstić information content (AvgIpc) is 3.61. The number of hydrogen-bond donors (Lipinski definition) is 1. The Morgan fingerprint density at radius 3 is 2.43 bits per heavy atom. The van der Waals surface area contributed by atoms with Gasteiger partial charge in [0.2, 0.25) is 0 Å². The van der Waals surface area contributed by atoms with E-state index in [1.54, 1.807) is 13.2 Å². The quantitative estimate of drug-likeness (QED) is 0.508. The van der Waals surface area contributed by atoms with Gasteiger partial charge in [0.05, 0.1) is 23.0 Å². The van der Waals surface area contributed by atoms with Crippen molar-refractivity contribution >= 4 is 11.5 Å². The van der Waals surface area contributed by atoms with Crippen LogP contribution in [0.5, 0.6) is 0 Å². The van der Waals surface area contributed by atoms with Gasteiger partial charge in [-0.25, -0.2) is 9.07 Å². The van der Waals surface area contributed by atoms with Crippen LogP contribution in [0.1, 0.15) is 31.2 Å². The summed E-state index contributed by atoms with van der Waals surface area (Å²) in [6, 6.07) is 17.0. The fourth-order valence-corrected chi connectivity index (χ4v) is 6.03. The van der Waals surface area contributed by atoms with Crippen LogP contribution in [-0.4, -0.2) is 67.2 Å². The molecule has 192 valence electrons. The number of methoxy groups -OCH3 is 1. The number of nitrogens with one attached hydrogen (secondary N) is 1. The van der Waals surface area contributed by atoms with Gasteiger partial charge in [0, 0.05) is 44.1 Å². The maximum Gasteiger partial charge on any atom is 0.149 e. The number of ether oxygens (including phenoxy) is 1. The Bertz CT molecular complexity index is 1290. The number of nitriles is 1. The van der Waals surface area contributed by atoms with E-state index >= 15 is 0 Å². The number of piperidine rings is 3. The summed E-state index contributed by atoms with van der Waals surface area (Å²) in [4.78, 5) is 4.88. The van der Waals surface area contributed by atoms with Gasteiger partial charge in [-0.15, -0.1) is 5.10 Å². The second-order valence-electron chi connectivity index (χ2n) is 10.7. The molecule has 3 aromatic rings. The second kappa shape index (κ2) is 9.81. The predicted octanol–water partition coefficient (Wildman–Crippen LogP) is 4.67. The summed E-state index contributed by atoms with van der Waals surface area (Å²) in [5.41, 5.74) is 3.91. The summed E-state index contributed by atoms with van der Waals surface area (Å²) >= 11 is 0. The van der Waals surface area contributed by atoms with E-state index in [-0.39, 0.29) is 11.7 Å². The van der Waals surface area contributed by atoms with Gasteiger partial charge in [-0.1, -0.05) is 6.07 Å². The van der Waals surface area contributed by atoms with Crippen molar-refractivity contribution in [1.29, 1.82) is 5.26 Å². The first-order chi connectivity index (χ1) is 18.1. The third kappa shape index (κ3) is 4.70. The first-order valence-electron chi connectivity index (χ1n) is 13.2. The molecule has 2 aromatic carbocycles. The maximum atomic E-state index is 14.6. The topological polar surface area (TPSA) is 69.3 Å². The first-order valence-corrected chi connectivity index (χ1v) is 13.2. The number of aromatic nitrogens is 2. The van der Waals surface area contributed by atoms with Crippen molar-refractivity contribution in [3.8, 4) is 23.0 Å². The highest BCUT2D eigenvalue weighted by Crippen LogP contribution is 2.40. The second-order valence-corrected chi connectivity index (χ2v) is 10.7. The lowest BCUT2D eigenvalue weighted by Gasteiger charge is -2.48. The van der Waals surface area contributed by atoms with E-state index in [9.17, 15) is 9.65 Å². The van der Waals surface area contributed by atoms with Gasteiger partial charge in [0.1, 0.15) is 17.7 Å². The highest BCUT2D eigenvalue weighted by atomic mass is 19.1. The standard InChI is InChI=1S/C29H33FN6O/c1-37-25-8-12-35(19-25)23-4-6-24(7-5-23)36-27(21-2-3-22(18-31)26(30)16-21)17-28(33-36)32-20-29-9-13-34(14-10-29)15-11-29/h2-7,16-17,25H,8-15,19-20H2,1H3,(H,32,33). The normalized spacial score (nSPS) is 24.8. The van der Waals surface area contributed by atoms with Crippen LogP contribution < -0.4 is 10.2 Å². The molecule has 7 nitrogen and oxygen atoms in total. The van der Waals surface area contributed by atoms with E-state index in [2.05, 4.69) is 39.4 Å². The molecule has 1 unspecified atom stereocenters. The van der Waals surface area contributed by atoms with E-state index in [1.807, 2.05) is 16.8 Å². The number of benzene rings is 2. The van der Waals surface area contributed by atoms with E-state index in [0.29, 0.717) is 11.0 Å². The zero-order chi connectivity index (χ0) is 25.4. The predicted molar refractivity (Wildman–Crippen MR) is 143 cm³/mol. The molecule has 1 atom stereocenters. The Hall–Kier alpha value is -3.41. The van der Waals surface area contributed by atoms with Gasteiger partial charge < -0.3 is 19.9 Å². The van der Waals surface area contributed by atoms with E-state index in [0.717, 1.165) is 48.9 Å². The molecule has 1 N–H and O–H groups in total. The lowest BCUT2D eigenvalue weighted by atomic mass is 9.72. The number of nitrogens with zero attached hydrogens (tertiary/aromatic N) is 5. The van der Waals surface area contributed by atoms with Gasteiger partial charge in [-0.3, -0.25) is 0 Å². The lowest BCUT2D eigenvalue weighted by molar-refractivity contribution is 0.0360. The van der Waals surface area contributed by atoms with Gasteiger partial charge in [-0.2, -0.15) is 5.26 Å². The van der Waals surface area contributed by atoms with Crippen LogP contribution in [0.2, 0.25) is 0 Å². The Morgan fingerprint density at radius 1 is 1.05 bits per heavy atom. The highest BCUT2D eigenvalue weighted by molar-refractivity contribution is 5.67. The van der Waals surface area contributed by atoms with Crippen molar-refractivity contribution in [2.24, 2.45) is 5.41 Å². The molecule has 0 radical (unpaired) electrons. The van der Waals surface area contributed by atoms with Crippen LogP contribution in [0, 0.1) is 22.6 Å². The Morgan fingerprint density at radius 2 is 1.78 bits per heavy atom. The third-order valence-electron chi connectivity index (χ3n) is 8.55. The minimum absolute atomic E-state index is 0.0419. The molecule has 8 heteroatoms. The summed E-state index contributed by atoms with van der Waals surface area (Å²) in [5, 5.41) is 17.7. The van der Waals surface area contributed by atoms with Gasteiger partial charge in [0.25, 0.3) is 0 Å². The van der Waals surface area contributed by atoms with Crippen LogP contribution >= 0.6 is 0 Å². The number of rotatable bonds is 7. The summed E-state index contributed by atoms with van der Waals surface area (Å²) in [6.07, 6.45) is 4.96. The number of hydrogen-bond acceptors (Lipinski definition) is 6. The molecule has 7 rings (SSSR count). The summed E-state index contributed by atoms with van der Waals surface area (Å²) in [6.45, 7) is 6.30. The van der Waals surface area contributed by atoms with Crippen molar-refractivity contribution in [1.82, 2.24) is 14.7 Å². The molecule has 2 bridgehead atoms. The summed E-state index contributed by atoms with van der Waals surface area (Å²) in [7, 11) is 1.77. The monoisotopic (exact) mass is 500 g/mol. The summed E-state index contributed by atoms with van der Waals surface area (Å²) in [5.74, 6) is 0.265. The molecule has 0 saturated carbocycles. The van der Waals surface area contributed by atoms with Gasteiger partial charge in [-0.05, 0) is 87.1 Å². The molecule has 0 amide bonds. The molecule has 4 aliphatic heterocycles. The largest absolute Gasteiger partial charge is 0.380 e. The lowest BCUT2D eigenvalue weighted by Crippen LogP contribution is -2.50. The third-order valence-corrected chi connectivity index (χ3v) is 8.55. The van der Waals surface area contributed by atoms with Crippen molar-refractivity contribution in [2.45, 2.75) is 31.8 Å². The summed E-state index contributed by atoms with van der Waals surface area (Å²) < 4.78 is 22.0. The van der Waals surface area contributed by atoms with E-state index in [1.165, 1.54) is 51.0 Å². The van der Waals surface area contributed by atoms with Crippen LogP contribution in [0.3, 0.4) is 0 Å². The fourth-order valence-electron chi connectivity index (χ4n) is 6.03. The van der Waals surface area contributed by atoms with Gasteiger partial charge in [0.15, 0.2) is 0 Å². The Labute approximate surface area is 217 Å². The maximum absolute atomic E-state index is 14.6. The van der Waals surface area contributed by atoms with Crippen molar-refractivity contribution in [3.05, 3.63) is 59.9 Å². The van der Waals surface area contributed by atoms with Crippen LogP contribution in [0.15, 0.2) is 48.5 Å². The van der Waals surface area contributed by atoms with E-state index < -0.39 is 5.82 Å². The Kier molecular flexibility index (Phi) is 6.35. The smallest absolute Gasteiger partial charge is 0.149 e. The molecule has 1 aromatic heterocycles. The fraction of sp³-hybridized carbons (Fsp3) is 0.448. The molecular formula is C29H33FN6O.